The molecule has 1 saturated heterocycles. The van der Waals surface area contributed by atoms with Crippen LogP contribution in [-0.4, -0.2) is 63.3 Å². The first kappa shape index (κ1) is 17.4. The number of carbonyl (C=O) groups is 1. The van der Waals surface area contributed by atoms with E-state index in [0.29, 0.717) is 0 Å². The van der Waals surface area contributed by atoms with E-state index in [9.17, 15) is 4.79 Å². The number of hydrogen-bond donors (Lipinski definition) is 2. The fourth-order valence-corrected chi connectivity index (χ4v) is 2.59. The van der Waals surface area contributed by atoms with Crippen molar-refractivity contribution in [3.05, 3.63) is 0 Å². The van der Waals surface area contributed by atoms with E-state index in [0.717, 1.165) is 51.7 Å². The van der Waals surface area contributed by atoms with Gasteiger partial charge in [0.15, 0.2) is 0 Å². The number of nitrogens with one attached hydrogen (secondary N) is 2. The van der Waals surface area contributed by atoms with E-state index in [1.165, 1.54) is 12.8 Å². The first-order chi connectivity index (χ1) is 9.69. The molecule has 1 atom stereocenters. The molecular formula is C15H31N3O2. The van der Waals surface area contributed by atoms with Gasteiger partial charge in [0.2, 0.25) is 5.91 Å². The predicted octanol–water partition coefficient (Wildman–Crippen LogP) is 0.849. The summed E-state index contributed by atoms with van der Waals surface area (Å²) in [7, 11) is 1.73. The molecule has 1 aliphatic rings. The third-order valence-corrected chi connectivity index (χ3v) is 4.04. The summed E-state index contributed by atoms with van der Waals surface area (Å²) in [6, 6.07) is 0.00366. The van der Waals surface area contributed by atoms with Crippen LogP contribution in [0.15, 0.2) is 0 Å². The highest BCUT2D eigenvalue weighted by Gasteiger charge is 2.25. The molecule has 118 valence electrons. The molecule has 1 aliphatic heterocycles. The highest BCUT2D eigenvalue weighted by Crippen LogP contribution is 2.18. The Morgan fingerprint density at radius 3 is 2.65 bits per heavy atom. The summed E-state index contributed by atoms with van der Waals surface area (Å²) in [5, 5.41) is 6.41. The van der Waals surface area contributed by atoms with Gasteiger partial charge in [-0.3, -0.25) is 9.69 Å². The molecule has 1 rings (SSSR count). The number of rotatable bonds is 9. The van der Waals surface area contributed by atoms with Crippen LogP contribution in [0.4, 0.5) is 0 Å². The molecule has 1 heterocycles. The third-order valence-electron chi connectivity index (χ3n) is 4.04. The first-order valence-corrected chi connectivity index (χ1v) is 7.90. The van der Waals surface area contributed by atoms with Crippen molar-refractivity contribution in [1.82, 2.24) is 15.5 Å². The topological polar surface area (TPSA) is 53.6 Å². The number of ether oxygens (including phenoxy) is 1. The molecule has 20 heavy (non-hydrogen) atoms. The quantitative estimate of drug-likeness (QED) is 0.617. The molecule has 0 aromatic heterocycles. The monoisotopic (exact) mass is 285 g/mol. The van der Waals surface area contributed by atoms with Crippen LogP contribution in [0.1, 0.15) is 33.1 Å². The Balaban J connectivity index is 2.18. The first-order valence-electron chi connectivity index (χ1n) is 7.90. The van der Waals surface area contributed by atoms with Crippen LogP contribution < -0.4 is 10.6 Å². The van der Waals surface area contributed by atoms with Crippen LogP contribution in [0.5, 0.6) is 0 Å². The summed E-state index contributed by atoms with van der Waals surface area (Å²) in [5.74, 6) is 0.900. The number of methoxy groups -OCH3 is 1. The van der Waals surface area contributed by atoms with Crippen molar-refractivity contribution in [2.75, 3.05) is 46.4 Å². The number of hydrogen-bond acceptors (Lipinski definition) is 4. The van der Waals surface area contributed by atoms with Crippen LogP contribution in [0.2, 0.25) is 0 Å². The Labute approximate surface area is 123 Å². The van der Waals surface area contributed by atoms with Gasteiger partial charge in [-0.2, -0.15) is 0 Å². The number of carbonyl (C=O) groups excluding carboxylic acids is 1. The van der Waals surface area contributed by atoms with Crippen molar-refractivity contribution in [2.24, 2.45) is 5.92 Å². The molecule has 0 aliphatic carbocycles. The van der Waals surface area contributed by atoms with Crippen LogP contribution in [0, 0.1) is 5.92 Å². The summed E-state index contributed by atoms with van der Waals surface area (Å²) in [5.41, 5.74) is 0. The van der Waals surface area contributed by atoms with Crippen molar-refractivity contribution in [3.63, 3.8) is 0 Å². The Morgan fingerprint density at radius 1 is 1.35 bits per heavy atom. The highest BCUT2D eigenvalue weighted by molar-refractivity contribution is 5.81. The molecule has 0 saturated carbocycles. The van der Waals surface area contributed by atoms with E-state index < -0.39 is 0 Å². The van der Waals surface area contributed by atoms with Crippen molar-refractivity contribution in [3.8, 4) is 0 Å². The second kappa shape index (κ2) is 10.1. The third kappa shape index (κ3) is 6.20. The van der Waals surface area contributed by atoms with Gasteiger partial charge in [-0.1, -0.05) is 6.92 Å². The van der Waals surface area contributed by atoms with E-state index in [2.05, 4.69) is 22.5 Å². The van der Waals surface area contributed by atoms with Crippen molar-refractivity contribution < 1.29 is 9.53 Å². The zero-order valence-electron chi connectivity index (χ0n) is 13.3. The number of likely N-dealkylation sites (tertiary alicyclic amines) is 1. The fourth-order valence-electron chi connectivity index (χ4n) is 2.59. The van der Waals surface area contributed by atoms with Crippen molar-refractivity contribution >= 4 is 5.91 Å². The Hall–Kier alpha value is -0.650. The van der Waals surface area contributed by atoms with Gasteiger partial charge in [0.05, 0.1) is 12.6 Å². The molecule has 0 aromatic rings. The van der Waals surface area contributed by atoms with E-state index in [4.69, 9.17) is 4.74 Å². The number of amides is 1. The van der Waals surface area contributed by atoms with Crippen LogP contribution in [0.25, 0.3) is 0 Å². The van der Waals surface area contributed by atoms with Gasteiger partial charge in [0.25, 0.3) is 0 Å². The minimum atomic E-state index is 0.00366. The average Bonchev–Trinajstić information content (AvgIpc) is 2.49. The zero-order chi connectivity index (χ0) is 14.8. The lowest BCUT2D eigenvalue weighted by Gasteiger charge is -2.35. The van der Waals surface area contributed by atoms with E-state index >= 15 is 0 Å². The summed E-state index contributed by atoms with van der Waals surface area (Å²) in [6.07, 6.45) is 3.34. The molecule has 1 unspecified atom stereocenters. The molecule has 0 aromatic carbocycles. The molecule has 0 spiro atoms. The van der Waals surface area contributed by atoms with Crippen LogP contribution in [-0.2, 0) is 9.53 Å². The maximum atomic E-state index is 11.9. The van der Waals surface area contributed by atoms with Crippen molar-refractivity contribution in [1.29, 1.82) is 0 Å². The summed E-state index contributed by atoms with van der Waals surface area (Å²) in [6.45, 7) is 9.68. The average molecular weight is 285 g/mol. The lowest BCUT2D eigenvalue weighted by atomic mass is 9.95. The Bertz CT molecular complexity index is 266. The molecular weight excluding hydrogens is 254 g/mol. The van der Waals surface area contributed by atoms with Gasteiger partial charge in [-0.15, -0.1) is 0 Å². The maximum Gasteiger partial charge on any atom is 0.237 e. The van der Waals surface area contributed by atoms with Gasteiger partial charge in [0, 0.05) is 20.2 Å². The Kier molecular flexibility index (Phi) is 8.82. The lowest BCUT2D eigenvalue weighted by molar-refractivity contribution is -0.126. The van der Waals surface area contributed by atoms with Crippen LogP contribution >= 0.6 is 0 Å². The van der Waals surface area contributed by atoms with Gasteiger partial charge in [-0.25, -0.2) is 0 Å². The van der Waals surface area contributed by atoms with Gasteiger partial charge >= 0.3 is 0 Å². The SMILES string of the molecule is CCCNC(=O)C(C)N1CCC(CNCCOC)CC1. The van der Waals surface area contributed by atoms with E-state index in [-0.39, 0.29) is 11.9 Å². The van der Waals surface area contributed by atoms with Crippen LogP contribution in [0.3, 0.4) is 0 Å². The molecule has 1 fully saturated rings. The largest absolute Gasteiger partial charge is 0.383 e. The summed E-state index contributed by atoms with van der Waals surface area (Å²) in [4.78, 5) is 14.2. The second-order valence-electron chi connectivity index (χ2n) is 5.64. The zero-order valence-corrected chi connectivity index (χ0v) is 13.3. The molecule has 5 nitrogen and oxygen atoms in total. The molecule has 1 amide bonds. The minimum absolute atomic E-state index is 0.00366. The molecule has 5 heteroatoms. The normalized spacial score (nSPS) is 18.9. The minimum Gasteiger partial charge on any atom is -0.383 e. The summed E-state index contributed by atoms with van der Waals surface area (Å²) >= 11 is 0. The molecule has 0 bridgehead atoms. The van der Waals surface area contributed by atoms with Crippen molar-refractivity contribution in [2.45, 2.75) is 39.2 Å². The summed E-state index contributed by atoms with van der Waals surface area (Å²) < 4.78 is 5.02. The van der Waals surface area contributed by atoms with Gasteiger partial charge < -0.3 is 15.4 Å². The van der Waals surface area contributed by atoms with Gasteiger partial charge in [-0.05, 0) is 51.7 Å². The maximum absolute atomic E-state index is 11.9. The van der Waals surface area contributed by atoms with E-state index in [1.807, 2.05) is 6.92 Å². The van der Waals surface area contributed by atoms with Gasteiger partial charge in [0.1, 0.15) is 0 Å². The predicted molar refractivity (Wildman–Crippen MR) is 81.8 cm³/mol. The molecule has 2 N–H and O–H groups in total. The second-order valence-corrected chi connectivity index (χ2v) is 5.64. The standard InChI is InChI=1S/C15H31N3O2/c1-4-7-17-15(19)13(2)18-9-5-14(6-10-18)12-16-8-11-20-3/h13-14,16H,4-12H2,1-3H3,(H,17,19). The fraction of sp³-hybridized carbons (Fsp3) is 0.933. The van der Waals surface area contributed by atoms with E-state index in [1.54, 1.807) is 7.11 Å². The Morgan fingerprint density at radius 2 is 2.05 bits per heavy atom. The lowest BCUT2D eigenvalue weighted by Crippen LogP contribution is -2.49. The molecule has 0 radical (unpaired) electrons. The number of nitrogens with zero attached hydrogens (tertiary/aromatic N) is 1. The number of piperidine rings is 1. The highest BCUT2D eigenvalue weighted by atomic mass is 16.5. The smallest absolute Gasteiger partial charge is 0.237 e.